The van der Waals surface area contributed by atoms with Crippen LogP contribution in [0.25, 0.3) is 0 Å². The van der Waals surface area contributed by atoms with Crippen molar-refractivity contribution in [2.45, 2.75) is 38.4 Å². The number of aromatic nitrogens is 2. The van der Waals surface area contributed by atoms with Gasteiger partial charge in [-0.2, -0.15) is 0 Å². The van der Waals surface area contributed by atoms with Gasteiger partial charge >= 0.3 is 0 Å². The van der Waals surface area contributed by atoms with E-state index in [0.717, 1.165) is 12.0 Å². The fourth-order valence-electron chi connectivity index (χ4n) is 2.27. The van der Waals surface area contributed by atoms with Crippen molar-refractivity contribution in [3.05, 3.63) is 53.9 Å². The van der Waals surface area contributed by atoms with Gasteiger partial charge in [-0.15, -0.1) is 0 Å². The van der Waals surface area contributed by atoms with E-state index in [1.54, 1.807) is 18.5 Å². The molecule has 2 aromatic rings. The van der Waals surface area contributed by atoms with E-state index in [4.69, 9.17) is 0 Å². The summed E-state index contributed by atoms with van der Waals surface area (Å²) in [6.07, 6.45) is 4.43. The van der Waals surface area contributed by atoms with Gasteiger partial charge in [0.15, 0.2) is 5.16 Å². The van der Waals surface area contributed by atoms with Crippen molar-refractivity contribution < 1.29 is 4.79 Å². The third-order valence-corrected chi connectivity index (χ3v) is 4.25. The Morgan fingerprint density at radius 1 is 1.13 bits per heavy atom. The molecular formula is C18H23N3OS. The molecule has 122 valence electrons. The number of rotatable bonds is 7. The molecule has 23 heavy (non-hydrogen) atoms. The minimum Gasteiger partial charge on any atom is -0.349 e. The van der Waals surface area contributed by atoms with Gasteiger partial charge in [0.2, 0.25) is 5.91 Å². The van der Waals surface area contributed by atoms with E-state index in [-0.39, 0.29) is 11.9 Å². The van der Waals surface area contributed by atoms with E-state index < -0.39 is 0 Å². The molecule has 1 aromatic carbocycles. The molecule has 0 aliphatic rings. The summed E-state index contributed by atoms with van der Waals surface area (Å²) >= 11 is 1.34. The molecule has 0 saturated carbocycles. The van der Waals surface area contributed by atoms with Crippen molar-refractivity contribution in [3.8, 4) is 0 Å². The van der Waals surface area contributed by atoms with E-state index in [1.165, 1.54) is 17.3 Å². The molecule has 2 rings (SSSR count). The minimum atomic E-state index is -0.0128. The van der Waals surface area contributed by atoms with Gasteiger partial charge in [-0.3, -0.25) is 4.79 Å². The molecule has 0 unspecified atom stereocenters. The Morgan fingerprint density at radius 3 is 2.39 bits per heavy atom. The quantitative estimate of drug-likeness (QED) is 0.622. The molecule has 1 aromatic heterocycles. The maximum Gasteiger partial charge on any atom is 0.230 e. The molecular weight excluding hydrogens is 306 g/mol. The maximum absolute atomic E-state index is 12.0. The van der Waals surface area contributed by atoms with Crippen LogP contribution in [0.1, 0.15) is 37.9 Å². The summed E-state index contributed by atoms with van der Waals surface area (Å²) in [6.45, 7) is 6.43. The van der Waals surface area contributed by atoms with Crippen LogP contribution in [0, 0.1) is 5.92 Å². The first-order valence-corrected chi connectivity index (χ1v) is 8.81. The standard InChI is InChI=1S/C18H23N3OS/c1-13(2)11-15-5-7-16(8-6-15)14(3)21-17(22)12-23-18-19-9-4-10-20-18/h4-10,13-14H,11-12H2,1-3H3,(H,21,22)/t14-/m0/s1. The Bertz CT molecular complexity index is 614. The monoisotopic (exact) mass is 329 g/mol. The molecule has 1 atom stereocenters. The van der Waals surface area contributed by atoms with Crippen molar-refractivity contribution in [3.63, 3.8) is 0 Å². The molecule has 0 aliphatic carbocycles. The van der Waals surface area contributed by atoms with Crippen LogP contribution in [0.2, 0.25) is 0 Å². The summed E-state index contributed by atoms with van der Waals surface area (Å²) in [7, 11) is 0. The molecule has 0 spiro atoms. The van der Waals surface area contributed by atoms with E-state index in [9.17, 15) is 4.79 Å². The molecule has 1 N–H and O–H groups in total. The Morgan fingerprint density at radius 2 is 1.78 bits per heavy atom. The maximum atomic E-state index is 12.0. The highest BCUT2D eigenvalue weighted by Crippen LogP contribution is 2.16. The predicted molar refractivity (Wildman–Crippen MR) is 94.3 cm³/mol. The van der Waals surface area contributed by atoms with E-state index in [1.807, 2.05) is 6.92 Å². The van der Waals surface area contributed by atoms with Crippen molar-refractivity contribution >= 4 is 17.7 Å². The molecule has 1 heterocycles. The summed E-state index contributed by atoms with van der Waals surface area (Å²) in [5.74, 6) is 0.955. The fourth-order valence-corrected chi connectivity index (χ4v) is 2.88. The average molecular weight is 329 g/mol. The third-order valence-electron chi connectivity index (χ3n) is 3.38. The highest BCUT2D eigenvalue weighted by atomic mass is 32.2. The van der Waals surface area contributed by atoms with Gasteiger partial charge in [-0.25, -0.2) is 9.97 Å². The highest BCUT2D eigenvalue weighted by molar-refractivity contribution is 7.99. The van der Waals surface area contributed by atoms with Gasteiger partial charge in [-0.1, -0.05) is 49.9 Å². The normalized spacial score (nSPS) is 12.2. The lowest BCUT2D eigenvalue weighted by molar-refractivity contribution is -0.119. The lowest BCUT2D eigenvalue weighted by Crippen LogP contribution is -2.28. The summed E-state index contributed by atoms with van der Waals surface area (Å²) in [5.41, 5.74) is 2.45. The van der Waals surface area contributed by atoms with Gasteiger partial charge in [0.05, 0.1) is 11.8 Å². The van der Waals surface area contributed by atoms with Crippen LogP contribution in [0.15, 0.2) is 47.9 Å². The smallest absolute Gasteiger partial charge is 0.230 e. The zero-order chi connectivity index (χ0) is 16.7. The molecule has 1 amide bonds. The number of carbonyl (C=O) groups excluding carboxylic acids is 1. The Balaban J connectivity index is 1.83. The lowest BCUT2D eigenvalue weighted by atomic mass is 10.00. The summed E-state index contributed by atoms with van der Waals surface area (Å²) in [4.78, 5) is 20.2. The van der Waals surface area contributed by atoms with Gasteiger partial charge in [0.1, 0.15) is 0 Å². The average Bonchev–Trinajstić information content (AvgIpc) is 2.54. The van der Waals surface area contributed by atoms with Crippen molar-refractivity contribution in [2.75, 3.05) is 5.75 Å². The third kappa shape index (κ3) is 6.02. The Labute approximate surface area is 142 Å². The first-order valence-electron chi connectivity index (χ1n) is 7.82. The van der Waals surface area contributed by atoms with Crippen LogP contribution in [-0.2, 0) is 11.2 Å². The largest absolute Gasteiger partial charge is 0.349 e. The van der Waals surface area contributed by atoms with Gasteiger partial charge < -0.3 is 5.32 Å². The zero-order valence-electron chi connectivity index (χ0n) is 13.8. The van der Waals surface area contributed by atoms with Crippen LogP contribution >= 0.6 is 11.8 Å². The highest BCUT2D eigenvalue weighted by Gasteiger charge is 2.10. The second-order valence-corrected chi connectivity index (χ2v) is 6.89. The number of carbonyl (C=O) groups is 1. The van der Waals surface area contributed by atoms with Crippen molar-refractivity contribution in [1.29, 1.82) is 0 Å². The summed E-state index contributed by atoms with van der Waals surface area (Å²) in [6, 6.07) is 10.2. The topological polar surface area (TPSA) is 54.9 Å². The SMILES string of the molecule is CC(C)Cc1ccc([C@H](C)NC(=O)CSc2ncccn2)cc1. The molecule has 5 heteroatoms. The second kappa shape index (κ2) is 8.67. The van der Waals surface area contributed by atoms with Crippen molar-refractivity contribution in [1.82, 2.24) is 15.3 Å². The number of hydrogen-bond donors (Lipinski definition) is 1. The number of benzene rings is 1. The molecule has 0 bridgehead atoms. The van der Waals surface area contributed by atoms with Gasteiger partial charge in [0.25, 0.3) is 0 Å². The Kier molecular flexibility index (Phi) is 6.59. The van der Waals surface area contributed by atoms with E-state index in [2.05, 4.69) is 53.4 Å². The minimum absolute atomic E-state index is 0.00658. The zero-order valence-corrected chi connectivity index (χ0v) is 14.6. The number of amides is 1. The number of nitrogens with one attached hydrogen (secondary N) is 1. The van der Waals surface area contributed by atoms with E-state index in [0.29, 0.717) is 16.8 Å². The van der Waals surface area contributed by atoms with E-state index >= 15 is 0 Å². The van der Waals surface area contributed by atoms with Crippen LogP contribution in [-0.4, -0.2) is 21.6 Å². The molecule has 4 nitrogen and oxygen atoms in total. The van der Waals surface area contributed by atoms with Crippen molar-refractivity contribution in [2.24, 2.45) is 5.92 Å². The van der Waals surface area contributed by atoms with Crippen LogP contribution < -0.4 is 5.32 Å². The number of nitrogens with zero attached hydrogens (tertiary/aromatic N) is 2. The molecule has 0 aliphatic heterocycles. The van der Waals surface area contributed by atoms with Crippen LogP contribution in [0.5, 0.6) is 0 Å². The lowest BCUT2D eigenvalue weighted by Gasteiger charge is -2.15. The Hall–Kier alpha value is -1.88. The number of hydrogen-bond acceptors (Lipinski definition) is 4. The molecule has 0 saturated heterocycles. The molecule has 0 radical (unpaired) electrons. The summed E-state index contributed by atoms with van der Waals surface area (Å²) < 4.78 is 0. The first kappa shape index (κ1) is 17.5. The fraction of sp³-hybridized carbons (Fsp3) is 0.389. The van der Waals surface area contributed by atoms with Gasteiger partial charge in [0, 0.05) is 12.4 Å². The predicted octanol–water partition coefficient (Wildman–Crippen LogP) is 3.64. The molecule has 0 fully saturated rings. The summed E-state index contributed by atoms with van der Waals surface area (Å²) in [5, 5.41) is 3.63. The van der Waals surface area contributed by atoms with Crippen LogP contribution in [0.3, 0.4) is 0 Å². The second-order valence-electron chi connectivity index (χ2n) is 5.95. The first-order chi connectivity index (χ1) is 11.0. The van der Waals surface area contributed by atoms with Gasteiger partial charge in [-0.05, 0) is 36.5 Å². The number of thioether (sulfide) groups is 1. The van der Waals surface area contributed by atoms with Crippen LogP contribution in [0.4, 0.5) is 0 Å².